The summed E-state index contributed by atoms with van der Waals surface area (Å²) >= 11 is 6.45. The molecule has 2 fully saturated rings. The van der Waals surface area contributed by atoms with Crippen molar-refractivity contribution in [3.8, 4) is 0 Å². The van der Waals surface area contributed by atoms with Gasteiger partial charge in [0, 0.05) is 43.2 Å². The largest absolute Gasteiger partial charge is 0.465 e. The fourth-order valence-electron chi connectivity index (χ4n) is 5.87. The molecule has 2 heterocycles. The number of anilines is 1. The Balaban J connectivity index is 1.29. The first-order chi connectivity index (χ1) is 19.2. The van der Waals surface area contributed by atoms with E-state index in [1.807, 2.05) is 59.2 Å². The summed E-state index contributed by atoms with van der Waals surface area (Å²) in [6.07, 6.45) is 5.60. The van der Waals surface area contributed by atoms with Crippen molar-refractivity contribution >= 4 is 35.1 Å². The van der Waals surface area contributed by atoms with Gasteiger partial charge in [-0.25, -0.2) is 4.79 Å². The predicted octanol–water partition coefficient (Wildman–Crippen LogP) is 5.37. The number of likely N-dealkylation sites (tertiary alicyclic amines) is 2. The van der Waals surface area contributed by atoms with Gasteiger partial charge in [0.1, 0.15) is 0 Å². The molecule has 0 radical (unpaired) electrons. The molecule has 2 amide bonds. The number of rotatable bonds is 9. The third-order valence-corrected chi connectivity index (χ3v) is 8.89. The number of nitrogens with zero attached hydrogens (tertiary/aromatic N) is 3. The van der Waals surface area contributed by atoms with Crippen LogP contribution in [0.1, 0.15) is 60.5 Å². The molecule has 0 saturated carbocycles. The van der Waals surface area contributed by atoms with E-state index in [1.165, 1.54) is 12.7 Å². The molecule has 7 nitrogen and oxygen atoms in total. The Morgan fingerprint density at radius 1 is 0.975 bits per heavy atom. The van der Waals surface area contributed by atoms with Gasteiger partial charge in [0.05, 0.1) is 12.7 Å². The quantitative estimate of drug-likeness (QED) is 0.381. The lowest BCUT2D eigenvalue weighted by atomic mass is 9.90. The molecule has 0 N–H and O–H groups in total. The van der Waals surface area contributed by atoms with Gasteiger partial charge >= 0.3 is 5.97 Å². The van der Waals surface area contributed by atoms with Crippen LogP contribution in [0.5, 0.6) is 0 Å². The molecule has 2 aromatic carbocycles. The van der Waals surface area contributed by atoms with Gasteiger partial charge in [0.2, 0.25) is 11.8 Å². The number of piperidine rings is 2. The lowest BCUT2D eigenvalue weighted by Crippen LogP contribution is -2.45. The molecule has 216 valence electrons. The molecular weight excluding hydrogens is 526 g/mol. The van der Waals surface area contributed by atoms with E-state index >= 15 is 0 Å². The number of halogens is 1. The molecule has 0 spiro atoms. The highest BCUT2D eigenvalue weighted by molar-refractivity contribution is 6.31. The third kappa shape index (κ3) is 7.85. The van der Waals surface area contributed by atoms with Gasteiger partial charge in [-0.3, -0.25) is 9.59 Å². The number of hydrogen-bond donors (Lipinski definition) is 0. The number of ether oxygens (including phenoxy) is 1. The summed E-state index contributed by atoms with van der Waals surface area (Å²) < 4.78 is 4.79. The average Bonchev–Trinajstić information content (AvgIpc) is 2.97. The minimum absolute atomic E-state index is 0.0758. The van der Waals surface area contributed by atoms with E-state index in [9.17, 15) is 14.4 Å². The average molecular weight is 568 g/mol. The SMILES string of the molecule is COC(=O)c1ccc(CC2CCN(CCCN(C(=O)C3CCN(C(C)=O)CC3)c3ccc(C)c(Cl)c3)CC2)cc1. The topological polar surface area (TPSA) is 70.2 Å². The predicted molar refractivity (Wildman–Crippen MR) is 159 cm³/mol. The molecule has 8 heteroatoms. The molecule has 0 atom stereocenters. The maximum Gasteiger partial charge on any atom is 0.337 e. The lowest BCUT2D eigenvalue weighted by Gasteiger charge is -2.35. The molecule has 0 bridgehead atoms. The van der Waals surface area contributed by atoms with E-state index < -0.39 is 0 Å². The molecule has 2 aromatic rings. The Hall–Kier alpha value is -2.90. The van der Waals surface area contributed by atoms with Crippen molar-refractivity contribution in [1.29, 1.82) is 0 Å². The molecule has 2 aliphatic heterocycles. The van der Waals surface area contributed by atoms with Crippen molar-refractivity contribution in [3.63, 3.8) is 0 Å². The van der Waals surface area contributed by atoms with Crippen molar-refractivity contribution in [2.75, 3.05) is 51.3 Å². The van der Waals surface area contributed by atoms with Gasteiger partial charge in [-0.15, -0.1) is 0 Å². The zero-order valence-electron chi connectivity index (χ0n) is 24.0. The summed E-state index contributed by atoms with van der Waals surface area (Å²) in [5.74, 6) is 0.472. The van der Waals surface area contributed by atoms with E-state index in [-0.39, 0.29) is 23.7 Å². The van der Waals surface area contributed by atoms with Crippen LogP contribution in [0.3, 0.4) is 0 Å². The van der Waals surface area contributed by atoms with Crippen LogP contribution in [-0.4, -0.2) is 74.0 Å². The van der Waals surface area contributed by atoms with E-state index in [2.05, 4.69) is 4.90 Å². The van der Waals surface area contributed by atoms with Crippen molar-refractivity contribution in [1.82, 2.24) is 9.80 Å². The standard InChI is InChI=1S/C32H42ClN3O4/c1-23-5-10-29(22-30(23)33)36(31(38)27-13-19-35(20-14-27)24(2)37)16-4-15-34-17-11-26(12-18-34)21-25-6-8-28(9-7-25)32(39)40-3/h5-10,22,26-27H,4,11-21H2,1-3H3. The van der Waals surface area contributed by atoms with Crippen molar-refractivity contribution in [3.05, 3.63) is 64.2 Å². The second kappa shape index (κ2) is 14.1. The van der Waals surface area contributed by atoms with Crippen LogP contribution in [0.25, 0.3) is 0 Å². The maximum atomic E-state index is 13.7. The number of aryl methyl sites for hydroxylation is 1. The van der Waals surface area contributed by atoms with Crippen LogP contribution in [0.4, 0.5) is 5.69 Å². The van der Waals surface area contributed by atoms with Crippen molar-refractivity contribution in [2.45, 2.75) is 52.4 Å². The van der Waals surface area contributed by atoms with Crippen molar-refractivity contribution in [2.24, 2.45) is 11.8 Å². The second-order valence-electron chi connectivity index (χ2n) is 11.2. The molecule has 4 rings (SSSR count). The number of benzene rings is 2. The van der Waals surface area contributed by atoms with Crippen LogP contribution in [0.2, 0.25) is 5.02 Å². The fraction of sp³-hybridized carbons (Fsp3) is 0.531. The van der Waals surface area contributed by atoms with Crippen LogP contribution in [0, 0.1) is 18.8 Å². The molecule has 2 saturated heterocycles. The maximum absolute atomic E-state index is 13.7. The van der Waals surface area contributed by atoms with Crippen LogP contribution >= 0.6 is 11.6 Å². The van der Waals surface area contributed by atoms with Crippen LogP contribution < -0.4 is 4.90 Å². The molecule has 0 unspecified atom stereocenters. The second-order valence-corrected chi connectivity index (χ2v) is 11.6. The number of esters is 1. The van der Waals surface area contributed by atoms with E-state index in [1.54, 1.807) is 6.92 Å². The zero-order valence-corrected chi connectivity index (χ0v) is 24.8. The first-order valence-corrected chi connectivity index (χ1v) is 14.9. The number of methoxy groups -OCH3 is 1. The number of amides is 2. The first kappa shape index (κ1) is 30.1. The lowest BCUT2D eigenvalue weighted by molar-refractivity contribution is -0.133. The summed E-state index contributed by atoms with van der Waals surface area (Å²) in [4.78, 5) is 43.4. The molecule has 2 aliphatic rings. The Bertz CT molecular complexity index is 1170. The van der Waals surface area contributed by atoms with Crippen LogP contribution in [-0.2, 0) is 20.7 Å². The highest BCUT2D eigenvalue weighted by Gasteiger charge is 2.30. The molecular formula is C32H42ClN3O4. The van der Waals surface area contributed by atoms with E-state index in [0.717, 1.165) is 56.6 Å². The summed E-state index contributed by atoms with van der Waals surface area (Å²) in [5.41, 5.74) is 3.69. The highest BCUT2D eigenvalue weighted by Crippen LogP contribution is 2.28. The Morgan fingerprint density at radius 2 is 1.65 bits per heavy atom. The zero-order chi connectivity index (χ0) is 28.6. The number of hydrogen-bond acceptors (Lipinski definition) is 5. The minimum atomic E-state index is -0.302. The fourth-order valence-corrected chi connectivity index (χ4v) is 6.05. The highest BCUT2D eigenvalue weighted by atomic mass is 35.5. The number of carbonyl (C=O) groups excluding carboxylic acids is 3. The molecule has 0 aromatic heterocycles. The Kier molecular flexibility index (Phi) is 10.6. The normalized spacial score (nSPS) is 17.1. The molecule has 40 heavy (non-hydrogen) atoms. The number of carbonyl (C=O) groups is 3. The summed E-state index contributed by atoms with van der Waals surface area (Å²) in [6.45, 7) is 8.55. The smallest absolute Gasteiger partial charge is 0.337 e. The summed E-state index contributed by atoms with van der Waals surface area (Å²) in [7, 11) is 1.40. The Labute approximate surface area is 243 Å². The van der Waals surface area contributed by atoms with Crippen molar-refractivity contribution < 1.29 is 19.1 Å². The van der Waals surface area contributed by atoms with Gasteiger partial charge in [0.15, 0.2) is 0 Å². The monoisotopic (exact) mass is 567 g/mol. The van der Waals surface area contributed by atoms with Gasteiger partial charge in [-0.1, -0.05) is 29.8 Å². The van der Waals surface area contributed by atoms with E-state index in [0.29, 0.717) is 49.0 Å². The summed E-state index contributed by atoms with van der Waals surface area (Å²) in [5, 5.41) is 0.670. The van der Waals surface area contributed by atoms with Gasteiger partial charge < -0.3 is 19.4 Å². The minimum Gasteiger partial charge on any atom is -0.465 e. The van der Waals surface area contributed by atoms with Gasteiger partial charge in [-0.05, 0) is 106 Å². The van der Waals surface area contributed by atoms with Gasteiger partial charge in [-0.2, -0.15) is 0 Å². The van der Waals surface area contributed by atoms with Crippen LogP contribution in [0.15, 0.2) is 42.5 Å². The Morgan fingerprint density at radius 3 is 2.25 bits per heavy atom. The summed E-state index contributed by atoms with van der Waals surface area (Å²) in [6, 6.07) is 13.6. The van der Waals surface area contributed by atoms with Gasteiger partial charge in [0.25, 0.3) is 0 Å². The molecule has 0 aliphatic carbocycles. The first-order valence-electron chi connectivity index (χ1n) is 14.5. The third-order valence-electron chi connectivity index (χ3n) is 8.49. The van der Waals surface area contributed by atoms with E-state index in [4.69, 9.17) is 16.3 Å².